The molecule has 7 unspecified atom stereocenters. The average Bonchev–Trinajstić information content (AvgIpc) is 3.25. The molecule has 0 bridgehead atoms. The fourth-order valence-corrected chi connectivity index (χ4v) is 6.82. The van der Waals surface area contributed by atoms with Gasteiger partial charge < -0.3 is 15.3 Å². The number of nitrogens with zero attached hydrogens (tertiary/aromatic N) is 3. The van der Waals surface area contributed by atoms with Crippen LogP contribution in [0.25, 0.3) is 0 Å². The largest absolute Gasteiger partial charge is 0.387 e. The van der Waals surface area contributed by atoms with E-state index in [4.69, 9.17) is 16.6 Å². The van der Waals surface area contributed by atoms with Crippen LogP contribution in [0.5, 0.6) is 0 Å². The third kappa shape index (κ3) is 5.42. The molecule has 0 aromatic heterocycles. The monoisotopic (exact) mass is 474 g/mol. The molecular weight excluding hydrogens is 432 g/mol. The topological polar surface area (TPSA) is 51.1 Å². The lowest BCUT2D eigenvalue weighted by atomic mass is 9.73. The highest BCUT2D eigenvalue weighted by molar-refractivity contribution is 6.21. The van der Waals surface area contributed by atoms with Crippen LogP contribution < -0.4 is 5.32 Å². The van der Waals surface area contributed by atoms with Gasteiger partial charge in [0, 0.05) is 56.9 Å². The van der Waals surface area contributed by atoms with Crippen LogP contribution in [-0.4, -0.2) is 78.0 Å². The lowest BCUT2D eigenvalue weighted by Crippen LogP contribution is -2.52. The summed E-state index contributed by atoms with van der Waals surface area (Å²) < 4.78 is 0. The number of allylic oxidation sites excluding steroid dienone is 3. The van der Waals surface area contributed by atoms with Crippen molar-refractivity contribution in [3.63, 3.8) is 0 Å². The number of rotatable bonds is 7. The van der Waals surface area contributed by atoms with E-state index in [0.717, 1.165) is 50.9 Å². The molecule has 7 atom stereocenters. The molecule has 33 heavy (non-hydrogen) atoms. The van der Waals surface area contributed by atoms with Gasteiger partial charge in [0.25, 0.3) is 0 Å². The summed E-state index contributed by atoms with van der Waals surface area (Å²) in [6.45, 7) is 8.94. The van der Waals surface area contributed by atoms with Crippen molar-refractivity contribution in [3.05, 3.63) is 36.1 Å². The normalized spacial score (nSPS) is 36.6. The first kappa shape index (κ1) is 25.0. The molecule has 0 amide bonds. The molecule has 2 N–H and O–H groups in total. The zero-order valence-electron chi connectivity index (χ0n) is 20.7. The maximum atomic E-state index is 11.3. The van der Waals surface area contributed by atoms with E-state index < -0.39 is 6.10 Å². The predicted octanol–water partition coefficient (Wildman–Crippen LogP) is 4.19. The Morgan fingerprint density at radius 2 is 2.21 bits per heavy atom. The number of alkyl halides is 1. The standard InChI is InChI=1S/C27H43ClN4O/c1-5-18-9-10-20(14-23(18)28)26-22(8-7-13-29-26)21-11-12-25-30-15-24(32(25)17-21)27(33)19(6-2)16-31(3)4/h5,10,16,18,21-25,27,30,33H,1,6-9,11-15,17H2,2-4H3. The van der Waals surface area contributed by atoms with Crippen molar-refractivity contribution in [2.75, 3.05) is 33.7 Å². The molecule has 3 heterocycles. The van der Waals surface area contributed by atoms with Gasteiger partial charge in [-0.05, 0) is 67.9 Å². The second kappa shape index (κ2) is 11.1. The van der Waals surface area contributed by atoms with E-state index in [1.54, 1.807) is 0 Å². The quantitative estimate of drug-likeness (QED) is 0.429. The van der Waals surface area contributed by atoms with Crippen LogP contribution in [0.4, 0.5) is 0 Å². The first-order chi connectivity index (χ1) is 15.9. The third-order valence-electron chi connectivity index (χ3n) is 8.25. The fourth-order valence-electron chi connectivity index (χ4n) is 6.45. The number of halogens is 1. The van der Waals surface area contributed by atoms with Gasteiger partial charge in [0.2, 0.25) is 0 Å². The Bertz CT molecular complexity index is 791. The molecule has 6 heteroatoms. The molecule has 3 aliphatic heterocycles. The molecule has 1 aliphatic carbocycles. The van der Waals surface area contributed by atoms with Crippen LogP contribution in [0.1, 0.15) is 51.9 Å². The van der Waals surface area contributed by atoms with Crippen molar-refractivity contribution in [1.82, 2.24) is 15.1 Å². The summed E-state index contributed by atoms with van der Waals surface area (Å²) >= 11 is 6.72. The molecule has 0 aromatic rings. The van der Waals surface area contributed by atoms with Crippen LogP contribution in [0.3, 0.4) is 0 Å². The summed E-state index contributed by atoms with van der Waals surface area (Å²) in [5.41, 5.74) is 3.84. The van der Waals surface area contributed by atoms with Crippen LogP contribution in [-0.2, 0) is 0 Å². The lowest BCUT2D eigenvalue weighted by Gasteiger charge is -2.43. The maximum Gasteiger partial charge on any atom is 0.0935 e. The molecule has 5 nitrogen and oxygen atoms in total. The molecule has 0 spiro atoms. The lowest BCUT2D eigenvalue weighted by molar-refractivity contribution is 0.0350. The number of aliphatic hydroxyl groups excluding tert-OH is 1. The van der Waals surface area contributed by atoms with Gasteiger partial charge in [-0.25, -0.2) is 0 Å². The van der Waals surface area contributed by atoms with Crippen molar-refractivity contribution in [1.29, 1.82) is 0 Å². The number of hydrogen-bond acceptors (Lipinski definition) is 5. The minimum atomic E-state index is -0.429. The predicted molar refractivity (Wildman–Crippen MR) is 139 cm³/mol. The van der Waals surface area contributed by atoms with Gasteiger partial charge in [-0.3, -0.25) is 9.89 Å². The number of hydrogen-bond donors (Lipinski definition) is 2. The molecule has 184 valence electrons. The van der Waals surface area contributed by atoms with E-state index in [0.29, 0.717) is 23.9 Å². The zero-order valence-corrected chi connectivity index (χ0v) is 21.5. The molecule has 0 radical (unpaired) electrons. The van der Waals surface area contributed by atoms with Crippen LogP contribution in [0.2, 0.25) is 0 Å². The van der Waals surface area contributed by atoms with E-state index in [-0.39, 0.29) is 11.4 Å². The van der Waals surface area contributed by atoms with Crippen LogP contribution in [0, 0.1) is 17.8 Å². The summed E-state index contributed by atoms with van der Waals surface area (Å²) in [5, 5.41) is 15.1. The Balaban J connectivity index is 1.50. The van der Waals surface area contributed by atoms with Gasteiger partial charge in [-0.15, -0.1) is 18.2 Å². The SMILES string of the molecule is C=CC1CC=C(C2=NCCCC2C2CCC3NCC(C(O)C(=CN(C)C)CC)N3C2)CC1Cl. The minimum absolute atomic E-state index is 0.127. The number of piperidine rings is 1. The number of aliphatic hydroxyl groups is 1. The minimum Gasteiger partial charge on any atom is -0.387 e. The summed E-state index contributed by atoms with van der Waals surface area (Å²) in [7, 11) is 4.06. The first-order valence-electron chi connectivity index (χ1n) is 13.0. The maximum absolute atomic E-state index is 11.3. The van der Waals surface area contributed by atoms with Crippen LogP contribution >= 0.6 is 11.6 Å². The molecule has 0 saturated carbocycles. The molecular formula is C27H43ClN4O. The number of fused-ring (bicyclic) bond motifs is 1. The molecule has 2 fully saturated rings. The van der Waals surface area contributed by atoms with Gasteiger partial charge in [0.15, 0.2) is 0 Å². The second-order valence-corrected chi connectivity index (χ2v) is 11.2. The van der Waals surface area contributed by atoms with Gasteiger partial charge in [-0.1, -0.05) is 19.1 Å². The van der Waals surface area contributed by atoms with Crippen molar-refractivity contribution in [2.24, 2.45) is 22.7 Å². The highest BCUT2D eigenvalue weighted by Gasteiger charge is 2.44. The van der Waals surface area contributed by atoms with E-state index in [2.05, 4.69) is 36.0 Å². The average molecular weight is 475 g/mol. The summed E-state index contributed by atoms with van der Waals surface area (Å²) in [6.07, 6.45) is 14.0. The second-order valence-electron chi connectivity index (χ2n) is 10.6. The zero-order chi connectivity index (χ0) is 23.5. The Kier molecular flexibility index (Phi) is 8.37. The van der Waals surface area contributed by atoms with Crippen molar-refractivity contribution in [3.8, 4) is 0 Å². The van der Waals surface area contributed by atoms with E-state index in [1.165, 1.54) is 30.5 Å². The van der Waals surface area contributed by atoms with E-state index in [1.807, 2.05) is 25.1 Å². The number of aliphatic imine (C=N–C) groups is 1. The van der Waals surface area contributed by atoms with Crippen molar-refractivity contribution >= 4 is 17.3 Å². The highest BCUT2D eigenvalue weighted by atomic mass is 35.5. The Hall–Kier alpha value is -1.14. The number of nitrogens with one attached hydrogen (secondary N) is 1. The molecule has 2 saturated heterocycles. The molecule has 0 aromatic carbocycles. The molecule has 4 rings (SSSR count). The summed E-state index contributed by atoms with van der Waals surface area (Å²) in [5.74, 6) is 1.47. The summed E-state index contributed by atoms with van der Waals surface area (Å²) in [4.78, 5) is 9.69. The van der Waals surface area contributed by atoms with E-state index in [9.17, 15) is 5.11 Å². The Morgan fingerprint density at radius 3 is 2.91 bits per heavy atom. The Labute approximate surface area is 205 Å². The van der Waals surface area contributed by atoms with Crippen molar-refractivity contribution in [2.45, 2.75) is 75.6 Å². The third-order valence-corrected chi connectivity index (χ3v) is 8.72. The van der Waals surface area contributed by atoms with Gasteiger partial charge >= 0.3 is 0 Å². The first-order valence-corrected chi connectivity index (χ1v) is 13.4. The Morgan fingerprint density at radius 1 is 1.39 bits per heavy atom. The van der Waals surface area contributed by atoms with Gasteiger partial charge in [-0.2, -0.15) is 0 Å². The molecule has 4 aliphatic rings. The van der Waals surface area contributed by atoms with Crippen LogP contribution in [0.15, 0.2) is 41.1 Å². The van der Waals surface area contributed by atoms with Gasteiger partial charge in [0.1, 0.15) is 0 Å². The summed E-state index contributed by atoms with van der Waals surface area (Å²) in [6, 6.07) is 0.141. The highest BCUT2D eigenvalue weighted by Crippen LogP contribution is 2.39. The van der Waals surface area contributed by atoms with Crippen molar-refractivity contribution < 1.29 is 5.11 Å². The fraction of sp³-hybridized carbons (Fsp3) is 0.741. The smallest absolute Gasteiger partial charge is 0.0935 e. The van der Waals surface area contributed by atoms with E-state index >= 15 is 0 Å². The van der Waals surface area contributed by atoms with Gasteiger partial charge in [0.05, 0.1) is 18.3 Å².